The number of rotatable bonds is 6. The Balaban J connectivity index is 2.15. The van der Waals surface area contributed by atoms with Crippen LogP contribution >= 0.6 is 11.6 Å². The van der Waals surface area contributed by atoms with Crippen LogP contribution in [-0.4, -0.2) is 32.3 Å². The van der Waals surface area contributed by atoms with Crippen LogP contribution in [0.3, 0.4) is 0 Å². The van der Waals surface area contributed by atoms with Gasteiger partial charge < -0.3 is 15.0 Å². The molecule has 1 aromatic rings. The highest BCUT2D eigenvalue weighted by molar-refractivity contribution is 6.30. The number of hydrogen-bond donors (Lipinski definition) is 1. The lowest BCUT2D eigenvalue weighted by molar-refractivity contribution is 0.199. The summed E-state index contributed by atoms with van der Waals surface area (Å²) in [5.74, 6) is 0. The molecule has 1 fully saturated rings. The fourth-order valence-electron chi connectivity index (χ4n) is 2.89. The zero-order chi connectivity index (χ0) is 14.6. The van der Waals surface area contributed by atoms with Crippen LogP contribution < -0.4 is 10.2 Å². The highest BCUT2D eigenvalue weighted by Gasteiger charge is 2.33. The molecule has 1 aliphatic rings. The van der Waals surface area contributed by atoms with Crippen molar-refractivity contribution < 1.29 is 4.74 Å². The van der Waals surface area contributed by atoms with Crippen LogP contribution in [0.5, 0.6) is 0 Å². The molecule has 1 aromatic carbocycles. The number of ether oxygens (including phenoxy) is 1. The molecular weight excluding hydrogens is 272 g/mol. The zero-order valence-electron chi connectivity index (χ0n) is 12.7. The second kappa shape index (κ2) is 6.79. The third-order valence-electron chi connectivity index (χ3n) is 4.04. The van der Waals surface area contributed by atoms with E-state index in [1.807, 2.05) is 6.07 Å². The topological polar surface area (TPSA) is 24.5 Å². The lowest BCUT2D eigenvalue weighted by Gasteiger charge is -2.35. The van der Waals surface area contributed by atoms with Crippen LogP contribution in [0.2, 0.25) is 5.02 Å². The average Bonchev–Trinajstić information content (AvgIpc) is 2.75. The highest BCUT2D eigenvalue weighted by atomic mass is 35.5. The maximum atomic E-state index is 6.21. The van der Waals surface area contributed by atoms with E-state index < -0.39 is 0 Å². The molecule has 1 heterocycles. The summed E-state index contributed by atoms with van der Waals surface area (Å²) in [5.41, 5.74) is 2.79. The molecule has 112 valence electrons. The van der Waals surface area contributed by atoms with Crippen LogP contribution in [0.25, 0.3) is 0 Å². The van der Waals surface area contributed by atoms with E-state index in [9.17, 15) is 0 Å². The van der Waals surface area contributed by atoms with Gasteiger partial charge in [-0.1, -0.05) is 17.7 Å². The maximum Gasteiger partial charge on any atom is 0.0587 e. The van der Waals surface area contributed by atoms with Crippen LogP contribution in [0.4, 0.5) is 5.69 Å². The van der Waals surface area contributed by atoms with Crippen molar-refractivity contribution in [2.45, 2.75) is 38.8 Å². The molecule has 1 N–H and O–H groups in total. The number of benzene rings is 1. The molecule has 0 aromatic heterocycles. The van der Waals surface area contributed by atoms with Gasteiger partial charge in [0, 0.05) is 43.0 Å². The van der Waals surface area contributed by atoms with Gasteiger partial charge in [0.25, 0.3) is 0 Å². The number of nitrogens with zero attached hydrogens (tertiary/aromatic N) is 1. The first kappa shape index (κ1) is 15.6. The van der Waals surface area contributed by atoms with E-state index in [0.717, 1.165) is 31.3 Å². The molecule has 3 nitrogen and oxygen atoms in total. The van der Waals surface area contributed by atoms with E-state index in [1.54, 1.807) is 7.11 Å². The van der Waals surface area contributed by atoms with Crippen molar-refractivity contribution >= 4 is 17.3 Å². The minimum absolute atomic E-state index is 0.214. The van der Waals surface area contributed by atoms with Crippen molar-refractivity contribution in [2.75, 3.05) is 31.7 Å². The Labute approximate surface area is 127 Å². The normalized spacial score (nSPS) is 17.7. The fraction of sp³-hybridized carbons (Fsp3) is 0.625. The first-order chi connectivity index (χ1) is 9.54. The van der Waals surface area contributed by atoms with E-state index in [2.05, 4.69) is 36.2 Å². The number of nitrogens with one attached hydrogen (secondary N) is 1. The molecular formula is C16H25ClN2O. The monoisotopic (exact) mass is 296 g/mol. The highest BCUT2D eigenvalue weighted by Crippen LogP contribution is 2.36. The summed E-state index contributed by atoms with van der Waals surface area (Å²) >= 11 is 6.21. The van der Waals surface area contributed by atoms with Crippen molar-refractivity contribution in [2.24, 2.45) is 0 Å². The third kappa shape index (κ3) is 3.66. The summed E-state index contributed by atoms with van der Waals surface area (Å²) in [7, 11) is 1.72. The van der Waals surface area contributed by atoms with E-state index in [0.29, 0.717) is 0 Å². The minimum Gasteiger partial charge on any atom is -0.383 e. The standard InChI is InChI=1S/C16H25ClN2O/c1-16(2)7-4-9-19(16)15-11-14(17)6-5-13(15)12-18-8-10-20-3/h5-6,11,18H,4,7-10,12H2,1-3H3. The molecule has 4 heteroatoms. The molecule has 0 amide bonds. The number of halogens is 1. The Morgan fingerprint density at radius 3 is 2.85 bits per heavy atom. The van der Waals surface area contributed by atoms with Gasteiger partial charge in [-0.15, -0.1) is 0 Å². The molecule has 0 bridgehead atoms. The first-order valence-electron chi connectivity index (χ1n) is 7.30. The van der Waals surface area contributed by atoms with Gasteiger partial charge in [0.1, 0.15) is 0 Å². The molecule has 0 atom stereocenters. The summed E-state index contributed by atoms with van der Waals surface area (Å²) in [6.45, 7) is 8.17. The number of methoxy groups -OCH3 is 1. The van der Waals surface area contributed by atoms with Gasteiger partial charge in [0.2, 0.25) is 0 Å². The second-order valence-corrected chi connectivity index (χ2v) is 6.45. The van der Waals surface area contributed by atoms with Crippen molar-refractivity contribution in [3.63, 3.8) is 0 Å². The van der Waals surface area contributed by atoms with Gasteiger partial charge in [-0.05, 0) is 44.4 Å². The smallest absolute Gasteiger partial charge is 0.0587 e. The Morgan fingerprint density at radius 1 is 1.40 bits per heavy atom. The molecule has 20 heavy (non-hydrogen) atoms. The molecule has 0 aliphatic carbocycles. The van der Waals surface area contributed by atoms with Crippen LogP contribution in [0.1, 0.15) is 32.3 Å². The summed E-state index contributed by atoms with van der Waals surface area (Å²) in [6.07, 6.45) is 2.48. The Bertz CT molecular complexity index is 448. The van der Waals surface area contributed by atoms with E-state index >= 15 is 0 Å². The maximum absolute atomic E-state index is 6.21. The summed E-state index contributed by atoms with van der Waals surface area (Å²) in [5, 5.41) is 4.23. The Hall–Kier alpha value is -0.770. The van der Waals surface area contributed by atoms with Crippen molar-refractivity contribution in [3.05, 3.63) is 28.8 Å². The van der Waals surface area contributed by atoms with E-state index in [-0.39, 0.29) is 5.54 Å². The average molecular weight is 297 g/mol. The lowest BCUT2D eigenvalue weighted by atomic mass is 10.0. The Kier molecular flexibility index (Phi) is 5.30. The van der Waals surface area contributed by atoms with Gasteiger partial charge in [0.05, 0.1) is 6.61 Å². The van der Waals surface area contributed by atoms with Gasteiger partial charge in [-0.25, -0.2) is 0 Å². The predicted octanol–water partition coefficient (Wildman–Crippen LogP) is 3.45. The van der Waals surface area contributed by atoms with Crippen molar-refractivity contribution in [1.29, 1.82) is 0 Å². The van der Waals surface area contributed by atoms with Gasteiger partial charge in [-0.3, -0.25) is 0 Å². The first-order valence-corrected chi connectivity index (χ1v) is 7.68. The van der Waals surface area contributed by atoms with Crippen molar-refractivity contribution in [3.8, 4) is 0 Å². The molecule has 0 radical (unpaired) electrons. The van der Waals surface area contributed by atoms with Crippen LogP contribution in [0.15, 0.2) is 18.2 Å². The van der Waals surface area contributed by atoms with E-state index in [4.69, 9.17) is 16.3 Å². The zero-order valence-corrected chi connectivity index (χ0v) is 13.5. The fourth-order valence-corrected chi connectivity index (χ4v) is 3.06. The third-order valence-corrected chi connectivity index (χ3v) is 4.27. The predicted molar refractivity (Wildman–Crippen MR) is 85.7 cm³/mol. The van der Waals surface area contributed by atoms with E-state index in [1.165, 1.54) is 24.1 Å². The van der Waals surface area contributed by atoms with Gasteiger partial charge in [-0.2, -0.15) is 0 Å². The second-order valence-electron chi connectivity index (χ2n) is 6.01. The van der Waals surface area contributed by atoms with Gasteiger partial charge in [0.15, 0.2) is 0 Å². The van der Waals surface area contributed by atoms with Crippen molar-refractivity contribution in [1.82, 2.24) is 5.32 Å². The van der Waals surface area contributed by atoms with Gasteiger partial charge >= 0.3 is 0 Å². The SMILES string of the molecule is COCCNCc1ccc(Cl)cc1N1CCCC1(C)C. The van der Waals surface area contributed by atoms with Crippen LogP contribution in [-0.2, 0) is 11.3 Å². The molecule has 2 rings (SSSR count). The minimum atomic E-state index is 0.214. The number of anilines is 1. The molecule has 1 aliphatic heterocycles. The Morgan fingerprint density at radius 2 is 2.20 bits per heavy atom. The lowest BCUT2D eigenvalue weighted by Crippen LogP contribution is -2.39. The molecule has 0 unspecified atom stereocenters. The molecule has 1 saturated heterocycles. The largest absolute Gasteiger partial charge is 0.383 e. The molecule has 0 saturated carbocycles. The summed E-state index contributed by atoms with van der Waals surface area (Å²) in [4.78, 5) is 2.49. The quantitative estimate of drug-likeness (QED) is 0.814. The molecule has 0 spiro atoms. The summed E-state index contributed by atoms with van der Waals surface area (Å²) < 4.78 is 5.07. The van der Waals surface area contributed by atoms with Crippen LogP contribution in [0, 0.1) is 0 Å². The number of hydrogen-bond acceptors (Lipinski definition) is 3. The summed E-state index contributed by atoms with van der Waals surface area (Å²) in [6, 6.07) is 6.20.